The molecule has 0 atom stereocenters. The molecule has 1 fully saturated rings. The van der Waals surface area contributed by atoms with Crippen LogP contribution < -0.4 is 15.8 Å². The summed E-state index contributed by atoms with van der Waals surface area (Å²) in [5, 5.41) is 20.2. The number of hydrogen-bond donors (Lipinski definition) is 4. The molecule has 1 aliphatic rings. The Morgan fingerprint density at radius 3 is 2.84 bits per heavy atom. The fourth-order valence-corrected chi connectivity index (χ4v) is 3.86. The number of aromatic hydroxyl groups is 1. The van der Waals surface area contributed by atoms with Gasteiger partial charge in [-0.3, -0.25) is 9.89 Å². The SMILES string of the molecule is COc1ccc(O)c(NC(=O)c2cc(-c3c[nH]nc3C3CCN(C)CC3)cnc2N)c1. The first kappa shape index (κ1) is 20.7. The van der Waals surface area contributed by atoms with E-state index >= 15 is 0 Å². The monoisotopic (exact) mass is 422 g/mol. The van der Waals surface area contributed by atoms with Crippen molar-refractivity contribution in [2.75, 3.05) is 38.3 Å². The predicted molar refractivity (Wildman–Crippen MR) is 118 cm³/mol. The number of piperidine rings is 1. The van der Waals surface area contributed by atoms with Gasteiger partial charge in [-0.25, -0.2) is 4.98 Å². The Bertz CT molecular complexity index is 1090. The first-order valence-corrected chi connectivity index (χ1v) is 10.1. The number of pyridine rings is 1. The third kappa shape index (κ3) is 4.31. The number of carbonyl (C=O) groups is 1. The van der Waals surface area contributed by atoms with Gasteiger partial charge in [-0.1, -0.05) is 0 Å². The summed E-state index contributed by atoms with van der Waals surface area (Å²) in [7, 11) is 3.63. The first-order chi connectivity index (χ1) is 15.0. The number of anilines is 2. The quantitative estimate of drug-likeness (QED) is 0.465. The van der Waals surface area contributed by atoms with E-state index in [1.54, 1.807) is 18.3 Å². The Labute approximate surface area is 180 Å². The molecule has 1 saturated heterocycles. The van der Waals surface area contributed by atoms with E-state index in [4.69, 9.17) is 10.5 Å². The topological polar surface area (TPSA) is 129 Å². The van der Waals surface area contributed by atoms with Gasteiger partial charge in [0.15, 0.2) is 0 Å². The normalized spacial score (nSPS) is 15.0. The maximum atomic E-state index is 12.9. The van der Waals surface area contributed by atoms with E-state index in [-0.39, 0.29) is 22.8 Å². The lowest BCUT2D eigenvalue weighted by Crippen LogP contribution is -2.29. The summed E-state index contributed by atoms with van der Waals surface area (Å²) >= 11 is 0. The zero-order valence-electron chi connectivity index (χ0n) is 17.6. The Morgan fingerprint density at radius 1 is 1.32 bits per heavy atom. The number of likely N-dealkylation sites (tertiary alicyclic amines) is 1. The molecule has 3 heterocycles. The summed E-state index contributed by atoms with van der Waals surface area (Å²) in [6, 6.07) is 6.30. The number of methoxy groups -OCH3 is 1. The molecule has 0 radical (unpaired) electrons. The third-order valence-electron chi connectivity index (χ3n) is 5.70. The van der Waals surface area contributed by atoms with Gasteiger partial charge in [-0.2, -0.15) is 5.10 Å². The first-order valence-electron chi connectivity index (χ1n) is 10.1. The van der Waals surface area contributed by atoms with E-state index < -0.39 is 5.91 Å². The number of nitrogens with zero attached hydrogens (tertiary/aromatic N) is 3. The fraction of sp³-hybridized carbons (Fsp3) is 0.318. The number of nitrogen functional groups attached to an aromatic ring is 1. The molecule has 4 rings (SSSR count). The van der Waals surface area contributed by atoms with Crippen molar-refractivity contribution in [1.82, 2.24) is 20.1 Å². The van der Waals surface area contributed by atoms with Gasteiger partial charge in [0, 0.05) is 35.5 Å². The van der Waals surface area contributed by atoms with Crippen LogP contribution in [0.2, 0.25) is 0 Å². The molecule has 1 aromatic carbocycles. The van der Waals surface area contributed by atoms with Crippen molar-refractivity contribution in [3.63, 3.8) is 0 Å². The van der Waals surface area contributed by atoms with Crippen LogP contribution in [0.25, 0.3) is 11.1 Å². The Kier molecular flexibility index (Phi) is 5.77. The molecule has 3 aromatic rings. The van der Waals surface area contributed by atoms with Crippen molar-refractivity contribution < 1.29 is 14.6 Å². The van der Waals surface area contributed by atoms with E-state index in [9.17, 15) is 9.90 Å². The number of hydrogen-bond acceptors (Lipinski definition) is 7. The highest BCUT2D eigenvalue weighted by atomic mass is 16.5. The number of phenols is 1. The van der Waals surface area contributed by atoms with Crippen LogP contribution in [0.15, 0.2) is 36.7 Å². The van der Waals surface area contributed by atoms with E-state index in [1.165, 1.54) is 19.2 Å². The summed E-state index contributed by atoms with van der Waals surface area (Å²) in [6.07, 6.45) is 5.54. The molecule has 162 valence electrons. The molecule has 9 heteroatoms. The number of rotatable bonds is 5. The van der Waals surface area contributed by atoms with Crippen LogP contribution in [0.4, 0.5) is 11.5 Å². The van der Waals surface area contributed by atoms with Gasteiger partial charge in [0.2, 0.25) is 0 Å². The van der Waals surface area contributed by atoms with E-state index in [2.05, 4.69) is 32.4 Å². The number of nitrogens with one attached hydrogen (secondary N) is 2. The van der Waals surface area contributed by atoms with Gasteiger partial charge in [0.25, 0.3) is 5.91 Å². The van der Waals surface area contributed by atoms with E-state index in [1.807, 2.05) is 6.20 Å². The molecule has 0 bridgehead atoms. The number of aromatic amines is 1. The lowest BCUT2D eigenvalue weighted by molar-refractivity contribution is 0.102. The highest BCUT2D eigenvalue weighted by molar-refractivity contribution is 6.08. The molecule has 9 nitrogen and oxygen atoms in total. The smallest absolute Gasteiger partial charge is 0.259 e. The number of phenolic OH excluding ortho intramolecular Hbond substituents is 1. The molecule has 1 aliphatic heterocycles. The average molecular weight is 422 g/mol. The van der Waals surface area contributed by atoms with Crippen molar-refractivity contribution in [3.8, 4) is 22.6 Å². The molecule has 5 N–H and O–H groups in total. The average Bonchev–Trinajstić information content (AvgIpc) is 3.26. The fourth-order valence-electron chi connectivity index (χ4n) is 3.86. The van der Waals surface area contributed by atoms with Crippen LogP contribution in [0, 0.1) is 0 Å². The minimum atomic E-state index is -0.472. The van der Waals surface area contributed by atoms with Crippen LogP contribution in [0.3, 0.4) is 0 Å². The zero-order chi connectivity index (χ0) is 22.0. The summed E-state index contributed by atoms with van der Waals surface area (Å²) < 4.78 is 5.15. The zero-order valence-corrected chi connectivity index (χ0v) is 17.6. The van der Waals surface area contributed by atoms with Crippen molar-refractivity contribution in [2.45, 2.75) is 18.8 Å². The summed E-state index contributed by atoms with van der Waals surface area (Å²) in [5.41, 5.74) is 9.10. The Hall–Kier alpha value is -3.59. The molecular weight excluding hydrogens is 396 g/mol. The second-order valence-electron chi connectivity index (χ2n) is 7.76. The second kappa shape index (κ2) is 8.65. The van der Waals surface area contributed by atoms with E-state index in [0.29, 0.717) is 11.7 Å². The van der Waals surface area contributed by atoms with Crippen LogP contribution in [-0.2, 0) is 0 Å². The van der Waals surface area contributed by atoms with E-state index in [0.717, 1.165) is 42.8 Å². The van der Waals surface area contributed by atoms with Crippen molar-refractivity contribution >= 4 is 17.4 Å². The lowest BCUT2D eigenvalue weighted by atomic mass is 9.90. The standard InChI is InChI=1S/C22H26N6O3/c1-28-7-5-13(6-8-28)20-17(12-25-27-20)14-9-16(21(23)24-11-14)22(30)26-18-10-15(31-2)3-4-19(18)29/h3-4,9-13,29H,5-8H2,1-2H3,(H2,23,24)(H,25,27)(H,26,30). The van der Waals surface area contributed by atoms with Gasteiger partial charge < -0.3 is 25.8 Å². The van der Waals surface area contributed by atoms with Crippen LogP contribution >= 0.6 is 0 Å². The number of ether oxygens (including phenoxy) is 1. The van der Waals surface area contributed by atoms with Crippen LogP contribution in [-0.4, -0.2) is 58.3 Å². The van der Waals surface area contributed by atoms with Crippen LogP contribution in [0.1, 0.15) is 34.8 Å². The number of benzene rings is 1. The number of aromatic nitrogens is 3. The minimum Gasteiger partial charge on any atom is -0.506 e. The highest BCUT2D eigenvalue weighted by Crippen LogP contribution is 2.34. The van der Waals surface area contributed by atoms with Gasteiger partial charge in [-0.05, 0) is 51.2 Å². The van der Waals surface area contributed by atoms with Gasteiger partial charge >= 0.3 is 0 Å². The van der Waals surface area contributed by atoms with Crippen molar-refractivity contribution in [1.29, 1.82) is 0 Å². The maximum absolute atomic E-state index is 12.9. The largest absolute Gasteiger partial charge is 0.506 e. The predicted octanol–water partition coefficient (Wildman–Crippen LogP) is 2.83. The van der Waals surface area contributed by atoms with Crippen LogP contribution in [0.5, 0.6) is 11.5 Å². The van der Waals surface area contributed by atoms with Crippen molar-refractivity contribution in [2.24, 2.45) is 0 Å². The minimum absolute atomic E-state index is 0.0729. The summed E-state index contributed by atoms with van der Waals surface area (Å²) in [5.74, 6) is 0.416. The van der Waals surface area contributed by atoms with Gasteiger partial charge in [0.1, 0.15) is 17.3 Å². The number of amides is 1. The molecule has 0 saturated carbocycles. The van der Waals surface area contributed by atoms with Gasteiger partial charge in [-0.15, -0.1) is 0 Å². The molecule has 2 aromatic heterocycles. The molecular formula is C22H26N6O3. The molecule has 0 unspecified atom stereocenters. The molecule has 0 aliphatic carbocycles. The van der Waals surface area contributed by atoms with Gasteiger partial charge in [0.05, 0.1) is 24.1 Å². The Morgan fingerprint density at radius 2 is 2.10 bits per heavy atom. The third-order valence-corrected chi connectivity index (χ3v) is 5.70. The second-order valence-corrected chi connectivity index (χ2v) is 7.76. The number of nitrogens with two attached hydrogens (primary N) is 1. The molecule has 1 amide bonds. The molecule has 31 heavy (non-hydrogen) atoms. The number of H-pyrrole nitrogens is 1. The summed E-state index contributed by atoms with van der Waals surface area (Å²) in [4.78, 5) is 19.5. The van der Waals surface area contributed by atoms with Crippen molar-refractivity contribution in [3.05, 3.63) is 47.9 Å². The molecule has 0 spiro atoms. The summed E-state index contributed by atoms with van der Waals surface area (Å²) in [6.45, 7) is 2.04. The number of carbonyl (C=O) groups excluding carboxylic acids is 1. The maximum Gasteiger partial charge on any atom is 0.259 e. The Balaban J connectivity index is 1.61. The highest BCUT2D eigenvalue weighted by Gasteiger charge is 2.24. The lowest BCUT2D eigenvalue weighted by Gasteiger charge is -2.28.